The molecule has 1 aliphatic rings. The van der Waals surface area contributed by atoms with E-state index >= 15 is 0 Å². The van der Waals surface area contributed by atoms with Gasteiger partial charge in [0.15, 0.2) is 0 Å². The lowest BCUT2D eigenvalue weighted by Gasteiger charge is -2.42. The maximum Gasteiger partial charge on any atom is 0.224 e. The second-order valence-corrected chi connectivity index (χ2v) is 5.35. The van der Waals surface area contributed by atoms with Gasteiger partial charge < -0.3 is 11.1 Å². The Morgan fingerprint density at radius 2 is 2.06 bits per heavy atom. The average Bonchev–Trinajstić information content (AvgIpc) is 2.37. The summed E-state index contributed by atoms with van der Waals surface area (Å²) in [6.45, 7) is 3.01. The highest BCUT2D eigenvalue weighted by atomic mass is 16.1. The van der Waals surface area contributed by atoms with Gasteiger partial charge in [-0.05, 0) is 18.4 Å². The largest absolute Gasteiger partial charge is 0.355 e. The van der Waals surface area contributed by atoms with Gasteiger partial charge in [0.05, 0.1) is 0 Å². The topological polar surface area (TPSA) is 55.1 Å². The summed E-state index contributed by atoms with van der Waals surface area (Å²) in [6.07, 6.45) is 3.57. The van der Waals surface area contributed by atoms with Crippen molar-refractivity contribution in [3.05, 3.63) is 35.9 Å². The van der Waals surface area contributed by atoms with Crippen molar-refractivity contribution >= 4 is 5.91 Å². The molecule has 0 bridgehead atoms. The fraction of sp³-hybridized carbons (Fsp3) is 0.533. The monoisotopic (exact) mass is 246 g/mol. The number of hydrogen-bond acceptors (Lipinski definition) is 2. The lowest BCUT2D eigenvalue weighted by Crippen LogP contribution is -2.47. The minimum atomic E-state index is -0.0992. The molecule has 0 radical (unpaired) electrons. The van der Waals surface area contributed by atoms with Crippen LogP contribution in [0.15, 0.2) is 30.3 Å². The first-order valence-corrected chi connectivity index (χ1v) is 6.71. The molecule has 18 heavy (non-hydrogen) atoms. The van der Waals surface area contributed by atoms with Gasteiger partial charge in [-0.1, -0.05) is 43.7 Å². The van der Waals surface area contributed by atoms with Gasteiger partial charge in [-0.3, -0.25) is 4.79 Å². The number of rotatable bonds is 5. The van der Waals surface area contributed by atoms with Gasteiger partial charge in [-0.2, -0.15) is 0 Å². The number of carbonyl (C=O) groups excluding carboxylic acids is 1. The molecule has 3 heteroatoms. The molecule has 0 heterocycles. The van der Waals surface area contributed by atoms with Crippen LogP contribution in [-0.2, 0) is 10.2 Å². The second-order valence-electron chi connectivity index (χ2n) is 5.35. The molecular formula is C15H22N2O. The molecule has 98 valence electrons. The predicted octanol–water partition coefficient (Wildman–Crippen LogP) is 1.82. The van der Waals surface area contributed by atoms with Crippen molar-refractivity contribution < 1.29 is 4.79 Å². The van der Waals surface area contributed by atoms with E-state index in [4.69, 9.17) is 5.73 Å². The van der Waals surface area contributed by atoms with Gasteiger partial charge >= 0.3 is 0 Å². The van der Waals surface area contributed by atoms with Crippen LogP contribution in [0.3, 0.4) is 0 Å². The van der Waals surface area contributed by atoms with Crippen LogP contribution in [0.5, 0.6) is 0 Å². The first-order chi connectivity index (χ1) is 8.68. The van der Waals surface area contributed by atoms with Crippen LogP contribution in [0.25, 0.3) is 0 Å². The van der Waals surface area contributed by atoms with Crippen LogP contribution in [0.2, 0.25) is 0 Å². The lowest BCUT2D eigenvalue weighted by atomic mass is 9.64. The van der Waals surface area contributed by atoms with Crippen molar-refractivity contribution in [3.63, 3.8) is 0 Å². The van der Waals surface area contributed by atoms with E-state index in [0.717, 1.165) is 19.4 Å². The molecule has 0 aliphatic heterocycles. The molecule has 1 aromatic carbocycles. The Labute approximate surface area is 109 Å². The molecule has 3 nitrogen and oxygen atoms in total. The van der Waals surface area contributed by atoms with Gasteiger partial charge in [-0.25, -0.2) is 0 Å². The normalized spacial score (nSPS) is 18.8. The minimum absolute atomic E-state index is 0.0692. The molecule has 3 N–H and O–H groups in total. The molecule has 1 amide bonds. The van der Waals surface area contributed by atoms with E-state index in [2.05, 4.69) is 29.6 Å². The summed E-state index contributed by atoms with van der Waals surface area (Å²) < 4.78 is 0. The van der Waals surface area contributed by atoms with Crippen LogP contribution in [0.4, 0.5) is 0 Å². The Morgan fingerprint density at radius 1 is 1.39 bits per heavy atom. The summed E-state index contributed by atoms with van der Waals surface area (Å²) in [6, 6.07) is 10.5. The van der Waals surface area contributed by atoms with Crippen molar-refractivity contribution in [2.75, 3.05) is 13.1 Å². The van der Waals surface area contributed by atoms with Gasteiger partial charge in [0.1, 0.15) is 0 Å². The molecule has 0 spiro atoms. The second kappa shape index (κ2) is 5.53. The van der Waals surface area contributed by atoms with Crippen LogP contribution in [0, 0.1) is 5.92 Å². The molecule has 1 atom stereocenters. The standard InChI is InChI=1S/C15H22N2O/c1-12(10-16)14(18)17-11-15(8-5-9-15)13-6-3-2-4-7-13/h2-4,6-7,12H,5,8-11,16H2,1H3,(H,17,18). The number of hydrogen-bond donors (Lipinski definition) is 2. The van der Waals surface area contributed by atoms with E-state index in [9.17, 15) is 4.79 Å². The zero-order valence-corrected chi connectivity index (χ0v) is 11.0. The van der Waals surface area contributed by atoms with E-state index in [-0.39, 0.29) is 17.2 Å². The van der Waals surface area contributed by atoms with E-state index in [1.165, 1.54) is 12.0 Å². The van der Waals surface area contributed by atoms with Crippen LogP contribution in [-0.4, -0.2) is 19.0 Å². The van der Waals surface area contributed by atoms with Crippen molar-refractivity contribution in [1.82, 2.24) is 5.32 Å². The Morgan fingerprint density at radius 3 is 2.56 bits per heavy atom. The molecule has 1 unspecified atom stereocenters. The zero-order chi connectivity index (χ0) is 13.0. The van der Waals surface area contributed by atoms with Gasteiger partial charge in [-0.15, -0.1) is 0 Å². The number of nitrogens with two attached hydrogens (primary N) is 1. The van der Waals surface area contributed by atoms with Gasteiger partial charge in [0.25, 0.3) is 0 Å². The SMILES string of the molecule is CC(CN)C(=O)NCC1(c2ccccc2)CCC1. The first-order valence-electron chi connectivity index (χ1n) is 6.71. The Hall–Kier alpha value is -1.35. The predicted molar refractivity (Wildman–Crippen MR) is 73.2 cm³/mol. The summed E-state index contributed by atoms with van der Waals surface area (Å²) in [5, 5.41) is 3.06. The molecule has 2 rings (SSSR count). The molecule has 1 saturated carbocycles. The average molecular weight is 246 g/mol. The van der Waals surface area contributed by atoms with E-state index < -0.39 is 0 Å². The van der Waals surface area contributed by atoms with Crippen LogP contribution < -0.4 is 11.1 Å². The van der Waals surface area contributed by atoms with Crippen LogP contribution >= 0.6 is 0 Å². The van der Waals surface area contributed by atoms with E-state index in [0.29, 0.717) is 6.54 Å². The molecule has 0 aromatic heterocycles. The number of nitrogens with one attached hydrogen (secondary N) is 1. The lowest BCUT2D eigenvalue weighted by molar-refractivity contribution is -0.124. The third-order valence-corrected chi connectivity index (χ3v) is 4.10. The summed E-state index contributed by atoms with van der Waals surface area (Å²) in [4.78, 5) is 11.8. The van der Waals surface area contributed by atoms with Crippen molar-refractivity contribution in [2.24, 2.45) is 11.7 Å². The van der Waals surface area contributed by atoms with Gasteiger partial charge in [0, 0.05) is 24.4 Å². The van der Waals surface area contributed by atoms with E-state index in [1.54, 1.807) is 0 Å². The highest BCUT2D eigenvalue weighted by Gasteiger charge is 2.38. The summed E-state index contributed by atoms with van der Waals surface area (Å²) in [5.41, 5.74) is 7.01. The van der Waals surface area contributed by atoms with Crippen LogP contribution in [0.1, 0.15) is 31.7 Å². The van der Waals surface area contributed by atoms with Crippen molar-refractivity contribution in [1.29, 1.82) is 0 Å². The first kappa shape index (κ1) is 13.1. The molecular weight excluding hydrogens is 224 g/mol. The smallest absolute Gasteiger partial charge is 0.224 e. The number of amides is 1. The minimum Gasteiger partial charge on any atom is -0.355 e. The van der Waals surface area contributed by atoms with Crippen molar-refractivity contribution in [3.8, 4) is 0 Å². The summed E-state index contributed by atoms with van der Waals surface area (Å²) >= 11 is 0. The summed E-state index contributed by atoms with van der Waals surface area (Å²) in [5.74, 6) is -0.0300. The highest BCUT2D eigenvalue weighted by molar-refractivity contribution is 5.78. The third kappa shape index (κ3) is 2.56. The van der Waals surface area contributed by atoms with Gasteiger partial charge in [0.2, 0.25) is 5.91 Å². The molecule has 1 aromatic rings. The maximum atomic E-state index is 11.8. The Bertz CT molecular complexity index is 398. The number of carbonyl (C=O) groups is 1. The van der Waals surface area contributed by atoms with Crippen molar-refractivity contribution in [2.45, 2.75) is 31.6 Å². The Kier molecular flexibility index (Phi) is 4.02. The molecule has 0 saturated heterocycles. The number of benzene rings is 1. The summed E-state index contributed by atoms with van der Waals surface area (Å²) in [7, 11) is 0. The Balaban J connectivity index is 2.00. The maximum absolute atomic E-state index is 11.8. The third-order valence-electron chi connectivity index (χ3n) is 4.10. The highest BCUT2D eigenvalue weighted by Crippen LogP contribution is 2.43. The zero-order valence-electron chi connectivity index (χ0n) is 11.0. The fourth-order valence-electron chi connectivity index (χ4n) is 2.50. The van der Waals surface area contributed by atoms with E-state index in [1.807, 2.05) is 13.0 Å². The molecule has 1 aliphatic carbocycles. The fourth-order valence-corrected chi connectivity index (χ4v) is 2.50. The quantitative estimate of drug-likeness (QED) is 0.832. The molecule has 1 fully saturated rings.